The van der Waals surface area contributed by atoms with E-state index in [0.29, 0.717) is 30.2 Å². The molecular weight excluding hydrogens is 394 g/mol. The van der Waals surface area contributed by atoms with Crippen LogP contribution in [0.4, 0.5) is 0 Å². The molecule has 3 aromatic carbocycles. The minimum absolute atomic E-state index is 0.159. The van der Waals surface area contributed by atoms with Gasteiger partial charge in [-0.1, -0.05) is 60.7 Å². The van der Waals surface area contributed by atoms with E-state index in [1.165, 1.54) is 20.3 Å². The van der Waals surface area contributed by atoms with E-state index in [4.69, 9.17) is 14.2 Å². The Balaban J connectivity index is 1.73. The molecule has 0 unspecified atom stereocenters. The minimum Gasteiger partial charge on any atom is -0.493 e. The molecule has 0 N–H and O–H groups in total. The summed E-state index contributed by atoms with van der Waals surface area (Å²) >= 11 is 0. The molecule has 0 spiro atoms. The smallest absolute Gasteiger partial charge is 0.337 e. The molecule has 0 radical (unpaired) electrons. The molecule has 0 aliphatic carbocycles. The van der Waals surface area contributed by atoms with E-state index >= 15 is 0 Å². The van der Waals surface area contributed by atoms with Crippen molar-refractivity contribution >= 4 is 11.9 Å². The van der Waals surface area contributed by atoms with Crippen LogP contribution in [0.15, 0.2) is 78.9 Å². The van der Waals surface area contributed by atoms with Crippen LogP contribution in [0.3, 0.4) is 0 Å². The second-order valence-corrected chi connectivity index (χ2v) is 6.87. The Hall–Kier alpha value is -3.80. The molecule has 0 aliphatic heterocycles. The summed E-state index contributed by atoms with van der Waals surface area (Å²) in [6.45, 7) is 0.778. The Kier molecular flexibility index (Phi) is 7.65. The Morgan fingerprint density at radius 3 is 1.87 bits per heavy atom. The average molecular weight is 419 g/mol. The van der Waals surface area contributed by atoms with Crippen molar-refractivity contribution in [3.05, 3.63) is 95.6 Å². The normalized spacial score (nSPS) is 10.3. The molecule has 1 amide bonds. The number of methoxy groups -OCH3 is 2. The van der Waals surface area contributed by atoms with E-state index in [1.807, 2.05) is 60.7 Å². The predicted octanol–water partition coefficient (Wildman–Crippen LogP) is 4.09. The fraction of sp³-hybridized carbons (Fsp3) is 0.200. The summed E-state index contributed by atoms with van der Waals surface area (Å²) < 4.78 is 15.8. The van der Waals surface area contributed by atoms with Gasteiger partial charge in [-0.3, -0.25) is 4.79 Å². The van der Waals surface area contributed by atoms with Gasteiger partial charge in [-0.05, 0) is 29.3 Å². The van der Waals surface area contributed by atoms with Gasteiger partial charge in [0.1, 0.15) is 0 Å². The Labute approximate surface area is 182 Å². The van der Waals surface area contributed by atoms with Crippen LogP contribution in [-0.2, 0) is 22.6 Å². The van der Waals surface area contributed by atoms with E-state index < -0.39 is 5.97 Å². The third kappa shape index (κ3) is 6.09. The molecule has 0 fully saturated rings. The second-order valence-electron chi connectivity index (χ2n) is 6.87. The van der Waals surface area contributed by atoms with Crippen LogP contribution >= 0.6 is 0 Å². The van der Waals surface area contributed by atoms with Gasteiger partial charge >= 0.3 is 5.97 Å². The van der Waals surface area contributed by atoms with Gasteiger partial charge in [-0.2, -0.15) is 0 Å². The number of hydrogen-bond donors (Lipinski definition) is 0. The highest BCUT2D eigenvalue weighted by Crippen LogP contribution is 2.28. The molecule has 0 aliphatic rings. The maximum Gasteiger partial charge on any atom is 0.337 e. The first kappa shape index (κ1) is 21.9. The van der Waals surface area contributed by atoms with Gasteiger partial charge in [0.05, 0.1) is 19.8 Å². The quantitative estimate of drug-likeness (QED) is 0.489. The van der Waals surface area contributed by atoms with E-state index in [1.54, 1.807) is 17.0 Å². The largest absolute Gasteiger partial charge is 0.493 e. The number of hydrogen-bond acceptors (Lipinski definition) is 5. The molecular formula is C25H25NO5. The summed E-state index contributed by atoms with van der Waals surface area (Å²) in [5, 5.41) is 0. The Bertz CT molecular complexity index is 963. The number of benzene rings is 3. The second kappa shape index (κ2) is 10.8. The van der Waals surface area contributed by atoms with Crippen LogP contribution in [0.5, 0.6) is 11.5 Å². The number of nitrogens with zero attached hydrogens (tertiary/aromatic N) is 1. The van der Waals surface area contributed by atoms with Crippen LogP contribution in [0, 0.1) is 0 Å². The molecule has 6 heteroatoms. The van der Waals surface area contributed by atoms with Crippen LogP contribution < -0.4 is 9.47 Å². The summed E-state index contributed by atoms with van der Waals surface area (Å²) in [6.07, 6.45) is 0. The monoisotopic (exact) mass is 419 g/mol. The molecule has 0 saturated heterocycles. The van der Waals surface area contributed by atoms with Crippen LogP contribution in [-0.4, -0.2) is 37.6 Å². The number of esters is 1. The van der Waals surface area contributed by atoms with Crippen molar-refractivity contribution in [1.29, 1.82) is 0 Å². The summed E-state index contributed by atoms with van der Waals surface area (Å²) in [4.78, 5) is 26.5. The standard InChI is InChI=1S/C25H25NO5/c1-29-23-15-21(25(28)30-2)13-14-22(23)31-18-24(27)26(16-19-9-5-3-6-10-19)17-20-11-7-4-8-12-20/h3-15H,16-18H2,1-2H3. The van der Waals surface area contributed by atoms with Crippen LogP contribution in [0.2, 0.25) is 0 Å². The third-order valence-corrected chi connectivity index (χ3v) is 4.72. The lowest BCUT2D eigenvalue weighted by Crippen LogP contribution is -2.34. The highest BCUT2D eigenvalue weighted by molar-refractivity contribution is 5.90. The van der Waals surface area contributed by atoms with E-state index in [2.05, 4.69) is 0 Å². The van der Waals surface area contributed by atoms with E-state index in [0.717, 1.165) is 11.1 Å². The van der Waals surface area contributed by atoms with Crippen molar-refractivity contribution < 1.29 is 23.8 Å². The number of amides is 1. The van der Waals surface area contributed by atoms with Crippen molar-refractivity contribution in [3.8, 4) is 11.5 Å². The molecule has 0 atom stereocenters. The molecule has 0 saturated carbocycles. The summed E-state index contributed by atoms with van der Waals surface area (Å²) in [6, 6.07) is 24.3. The number of carbonyl (C=O) groups excluding carboxylic acids is 2. The zero-order chi connectivity index (χ0) is 22.1. The Morgan fingerprint density at radius 1 is 0.774 bits per heavy atom. The maximum atomic E-state index is 13.0. The minimum atomic E-state index is -0.474. The van der Waals surface area contributed by atoms with Crippen molar-refractivity contribution in [2.75, 3.05) is 20.8 Å². The summed E-state index contributed by atoms with van der Waals surface area (Å²) in [5.41, 5.74) is 2.41. The molecule has 0 heterocycles. The summed E-state index contributed by atoms with van der Waals surface area (Å²) in [5.74, 6) is 0.0980. The number of carbonyl (C=O) groups is 2. The fourth-order valence-electron chi connectivity index (χ4n) is 3.10. The molecule has 0 aromatic heterocycles. The fourth-order valence-corrected chi connectivity index (χ4v) is 3.10. The first-order chi connectivity index (χ1) is 15.1. The SMILES string of the molecule is COC(=O)c1ccc(OCC(=O)N(Cc2ccccc2)Cc2ccccc2)c(OC)c1. The van der Waals surface area contributed by atoms with Gasteiger partial charge in [0, 0.05) is 13.1 Å². The maximum absolute atomic E-state index is 13.0. The van der Waals surface area contributed by atoms with Gasteiger partial charge in [-0.25, -0.2) is 4.79 Å². The number of ether oxygens (including phenoxy) is 3. The first-order valence-electron chi connectivity index (χ1n) is 9.85. The first-order valence-corrected chi connectivity index (χ1v) is 9.85. The van der Waals surface area contributed by atoms with E-state index in [-0.39, 0.29) is 12.5 Å². The lowest BCUT2D eigenvalue weighted by molar-refractivity contribution is -0.134. The van der Waals surface area contributed by atoms with Gasteiger partial charge in [0.15, 0.2) is 18.1 Å². The third-order valence-electron chi connectivity index (χ3n) is 4.72. The van der Waals surface area contributed by atoms with Crippen molar-refractivity contribution in [2.24, 2.45) is 0 Å². The molecule has 31 heavy (non-hydrogen) atoms. The topological polar surface area (TPSA) is 65.1 Å². The zero-order valence-electron chi connectivity index (χ0n) is 17.6. The lowest BCUT2D eigenvalue weighted by atomic mass is 10.1. The van der Waals surface area contributed by atoms with Gasteiger partial charge in [0.25, 0.3) is 5.91 Å². The van der Waals surface area contributed by atoms with E-state index in [9.17, 15) is 9.59 Å². The molecule has 3 aromatic rings. The highest BCUT2D eigenvalue weighted by Gasteiger charge is 2.17. The molecule has 160 valence electrons. The molecule has 0 bridgehead atoms. The van der Waals surface area contributed by atoms with Crippen molar-refractivity contribution in [2.45, 2.75) is 13.1 Å². The van der Waals surface area contributed by atoms with Crippen molar-refractivity contribution in [1.82, 2.24) is 4.90 Å². The molecule has 3 rings (SSSR count). The van der Waals surface area contributed by atoms with Crippen LogP contribution in [0.1, 0.15) is 21.5 Å². The van der Waals surface area contributed by atoms with Crippen molar-refractivity contribution in [3.63, 3.8) is 0 Å². The van der Waals surface area contributed by atoms with Gasteiger partial charge in [-0.15, -0.1) is 0 Å². The van der Waals surface area contributed by atoms with Gasteiger partial charge < -0.3 is 19.1 Å². The molecule has 6 nitrogen and oxygen atoms in total. The number of rotatable bonds is 9. The predicted molar refractivity (Wildman–Crippen MR) is 117 cm³/mol. The lowest BCUT2D eigenvalue weighted by Gasteiger charge is -2.23. The zero-order valence-corrected chi connectivity index (χ0v) is 17.6. The summed E-state index contributed by atoms with van der Waals surface area (Å²) in [7, 11) is 2.79. The van der Waals surface area contributed by atoms with Crippen LogP contribution in [0.25, 0.3) is 0 Å². The average Bonchev–Trinajstić information content (AvgIpc) is 2.82. The van der Waals surface area contributed by atoms with Gasteiger partial charge in [0.2, 0.25) is 0 Å². The Morgan fingerprint density at radius 2 is 1.35 bits per heavy atom. The highest BCUT2D eigenvalue weighted by atomic mass is 16.5.